The zero-order chi connectivity index (χ0) is 22.3. The predicted molar refractivity (Wildman–Crippen MR) is 124 cm³/mol. The highest BCUT2D eigenvalue weighted by molar-refractivity contribution is 5.80. The summed E-state index contributed by atoms with van der Waals surface area (Å²) < 4.78 is 1.99. The molecule has 0 unspecified atom stereocenters. The van der Waals surface area contributed by atoms with Gasteiger partial charge in [0.05, 0.1) is 19.6 Å². The molecule has 2 aromatic rings. The zero-order valence-electron chi connectivity index (χ0n) is 19.2. The number of carbonyl (C=O) groups is 1. The number of guanidine groups is 1. The average molecular weight is 439 g/mol. The van der Waals surface area contributed by atoms with E-state index in [-0.39, 0.29) is 5.91 Å². The van der Waals surface area contributed by atoms with E-state index in [0.29, 0.717) is 19.6 Å². The van der Waals surface area contributed by atoms with Gasteiger partial charge < -0.3 is 19.7 Å². The van der Waals surface area contributed by atoms with Crippen molar-refractivity contribution < 1.29 is 4.79 Å². The van der Waals surface area contributed by atoms with Gasteiger partial charge in [-0.3, -0.25) is 9.69 Å². The quantitative estimate of drug-likeness (QED) is 0.536. The van der Waals surface area contributed by atoms with Gasteiger partial charge in [-0.1, -0.05) is 30.3 Å². The minimum absolute atomic E-state index is 0.268. The van der Waals surface area contributed by atoms with Gasteiger partial charge in [0.2, 0.25) is 5.91 Å². The molecular formula is C23H34N8O. The number of aromatic nitrogens is 3. The first-order chi connectivity index (χ1) is 15.6. The fourth-order valence-corrected chi connectivity index (χ4v) is 4.16. The first-order valence-corrected chi connectivity index (χ1v) is 11.5. The Balaban J connectivity index is 1.37. The summed E-state index contributed by atoms with van der Waals surface area (Å²) in [5, 5.41) is 11.9. The second kappa shape index (κ2) is 10.6. The molecule has 9 heteroatoms. The predicted octanol–water partition coefficient (Wildman–Crippen LogP) is 1.01. The van der Waals surface area contributed by atoms with Crippen LogP contribution in [0.4, 0.5) is 0 Å². The molecule has 0 saturated carbocycles. The molecule has 0 atom stereocenters. The number of aliphatic imine (C=N–C) groups is 1. The summed E-state index contributed by atoms with van der Waals surface area (Å²) in [5.74, 6) is 2.91. The lowest BCUT2D eigenvalue weighted by atomic mass is 10.2. The van der Waals surface area contributed by atoms with Crippen LogP contribution in [0.2, 0.25) is 0 Å². The van der Waals surface area contributed by atoms with Crippen LogP contribution in [-0.2, 0) is 24.9 Å². The van der Waals surface area contributed by atoms with Crippen LogP contribution in [0.15, 0.2) is 35.3 Å². The summed E-state index contributed by atoms with van der Waals surface area (Å²) in [7, 11) is 1.98. The molecule has 3 heterocycles. The molecule has 2 saturated heterocycles. The van der Waals surface area contributed by atoms with Crippen LogP contribution in [0.1, 0.15) is 30.1 Å². The van der Waals surface area contributed by atoms with Crippen LogP contribution in [0, 0.1) is 6.92 Å². The van der Waals surface area contributed by atoms with E-state index >= 15 is 0 Å². The molecule has 1 amide bonds. The number of nitrogens with one attached hydrogen (secondary N) is 1. The Labute approximate surface area is 190 Å². The van der Waals surface area contributed by atoms with E-state index in [9.17, 15) is 4.79 Å². The van der Waals surface area contributed by atoms with Crippen molar-refractivity contribution in [3.05, 3.63) is 47.5 Å². The van der Waals surface area contributed by atoms with Crippen molar-refractivity contribution in [2.75, 3.05) is 45.8 Å². The second-order valence-electron chi connectivity index (χ2n) is 8.55. The highest BCUT2D eigenvalue weighted by Crippen LogP contribution is 2.10. The van der Waals surface area contributed by atoms with E-state index in [0.717, 1.165) is 69.7 Å². The Hall–Kier alpha value is -2.94. The maximum atomic E-state index is 12.5. The Kier molecular flexibility index (Phi) is 7.36. The SMILES string of the molecule is Cc1nnc(CNC(=NCc2ccccc2)N2CCN(CC(=O)N3CCCC3)CC2)n1C. The van der Waals surface area contributed by atoms with E-state index in [1.54, 1.807) is 0 Å². The number of carbonyl (C=O) groups excluding carboxylic acids is 1. The normalized spacial score (nSPS) is 17.8. The van der Waals surface area contributed by atoms with Crippen molar-refractivity contribution in [1.82, 2.24) is 34.8 Å². The first kappa shape index (κ1) is 22.3. The number of amides is 1. The molecule has 32 heavy (non-hydrogen) atoms. The highest BCUT2D eigenvalue weighted by atomic mass is 16.2. The van der Waals surface area contributed by atoms with Crippen molar-refractivity contribution in [1.29, 1.82) is 0 Å². The molecule has 1 aromatic heterocycles. The number of hydrogen-bond acceptors (Lipinski definition) is 5. The topological polar surface area (TPSA) is 81.9 Å². The molecule has 0 bridgehead atoms. The molecule has 2 fully saturated rings. The van der Waals surface area contributed by atoms with E-state index in [2.05, 4.69) is 37.4 Å². The third-order valence-electron chi connectivity index (χ3n) is 6.33. The summed E-state index contributed by atoms with van der Waals surface area (Å²) in [6, 6.07) is 10.3. The number of nitrogens with zero attached hydrogens (tertiary/aromatic N) is 7. The summed E-state index contributed by atoms with van der Waals surface area (Å²) in [6.07, 6.45) is 2.27. The number of rotatable bonds is 6. The maximum Gasteiger partial charge on any atom is 0.236 e. The molecule has 0 aliphatic carbocycles. The Morgan fingerprint density at radius 1 is 1.00 bits per heavy atom. The summed E-state index contributed by atoms with van der Waals surface area (Å²) in [6.45, 7) is 8.88. The molecule has 9 nitrogen and oxygen atoms in total. The van der Waals surface area contributed by atoms with Crippen LogP contribution in [0.3, 0.4) is 0 Å². The van der Waals surface area contributed by atoms with Crippen molar-refractivity contribution in [3.8, 4) is 0 Å². The number of benzene rings is 1. The molecule has 2 aliphatic heterocycles. The van der Waals surface area contributed by atoms with Gasteiger partial charge in [0.1, 0.15) is 5.82 Å². The maximum absolute atomic E-state index is 12.5. The van der Waals surface area contributed by atoms with Crippen LogP contribution in [-0.4, -0.2) is 87.1 Å². The standard InChI is InChI=1S/C23H34N8O/c1-19-26-27-21(28(19)2)17-25-23(24-16-20-8-4-3-5-9-20)31-14-12-29(13-15-31)18-22(32)30-10-6-7-11-30/h3-5,8-9H,6-7,10-18H2,1-2H3,(H,24,25). The summed E-state index contributed by atoms with van der Waals surface area (Å²) >= 11 is 0. The number of likely N-dealkylation sites (tertiary alicyclic amines) is 1. The molecule has 2 aliphatic rings. The van der Waals surface area contributed by atoms with Crippen LogP contribution in [0.5, 0.6) is 0 Å². The van der Waals surface area contributed by atoms with E-state index in [1.165, 1.54) is 5.56 Å². The van der Waals surface area contributed by atoms with Crippen molar-refractivity contribution in [2.24, 2.45) is 12.0 Å². The monoisotopic (exact) mass is 438 g/mol. The molecule has 1 N–H and O–H groups in total. The summed E-state index contributed by atoms with van der Waals surface area (Å²) in [5.41, 5.74) is 1.18. The average Bonchev–Trinajstić information content (AvgIpc) is 3.47. The third-order valence-corrected chi connectivity index (χ3v) is 6.33. The minimum Gasteiger partial charge on any atom is -0.349 e. The van der Waals surface area contributed by atoms with E-state index in [4.69, 9.17) is 4.99 Å². The van der Waals surface area contributed by atoms with Gasteiger partial charge >= 0.3 is 0 Å². The third kappa shape index (κ3) is 5.64. The molecule has 0 radical (unpaired) electrons. The van der Waals surface area contributed by atoms with Crippen LogP contribution < -0.4 is 5.32 Å². The molecular weight excluding hydrogens is 404 g/mol. The number of piperazine rings is 1. The lowest BCUT2D eigenvalue weighted by Crippen LogP contribution is -2.54. The smallest absolute Gasteiger partial charge is 0.236 e. The van der Waals surface area contributed by atoms with Crippen LogP contribution in [0.25, 0.3) is 0 Å². The summed E-state index contributed by atoms with van der Waals surface area (Å²) in [4.78, 5) is 23.9. The van der Waals surface area contributed by atoms with E-state index < -0.39 is 0 Å². The van der Waals surface area contributed by atoms with Crippen molar-refractivity contribution >= 4 is 11.9 Å². The number of aryl methyl sites for hydroxylation is 1. The van der Waals surface area contributed by atoms with E-state index in [1.807, 2.05) is 41.6 Å². The fraction of sp³-hybridized carbons (Fsp3) is 0.565. The number of hydrogen-bond donors (Lipinski definition) is 1. The lowest BCUT2D eigenvalue weighted by molar-refractivity contribution is -0.131. The Bertz CT molecular complexity index is 911. The Morgan fingerprint density at radius 3 is 2.38 bits per heavy atom. The van der Waals surface area contributed by atoms with Gasteiger partial charge in [-0.2, -0.15) is 0 Å². The second-order valence-corrected chi connectivity index (χ2v) is 8.55. The molecule has 1 aromatic carbocycles. The highest BCUT2D eigenvalue weighted by Gasteiger charge is 2.24. The van der Waals surface area contributed by atoms with Gasteiger partial charge in [0.15, 0.2) is 11.8 Å². The van der Waals surface area contributed by atoms with Gasteiger partial charge in [-0.15, -0.1) is 10.2 Å². The van der Waals surface area contributed by atoms with Gasteiger partial charge in [0, 0.05) is 46.3 Å². The van der Waals surface area contributed by atoms with Gasteiger partial charge in [0.25, 0.3) is 0 Å². The lowest BCUT2D eigenvalue weighted by Gasteiger charge is -2.36. The van der Waals surface area contributed by atoms with Gasteiger partial charge in [-0.25, -0.2) is 4.99 Å². The Morgan fingerprint density at radius 2 is 1.72 bits per heavy atom. The van der Waals surface area contributed by atoms with Crippen LogP contribution >= 0.6 is 0 Å². The minimum atomic E-state index is 0.268. The molecule has 172 valence electrons. The first-order valence-electron chi connectivity index (χ1n) is 11.5. The zero-order valence-corrected chi connectivity index (χ0v) is 19.2. The van der Waals surface area contributed by atoms with Gasteiger partial charge in [-0.05, 0) is 25.3 Å². The van der Waals surface area contributed by atoms with Crippen molar-refractivity contribution in [3.63, 3.8) is 0 Å². The molecule has 4 rings (SSSR count). The van der Waals surface area contributed by atoms with Crippen molar-refractivity contribution in [2.45, 2.75) is 32.9 Å². The molecule has 0 spiro atoms. The fourth-order valence-electron chi connectivity index (χ4n) is 4.16. The largest absolute Gasteiger partial charge is 0.349 e.